The van der Waals surface area contributed by atoms with Crippen molar-refractivity contribution < 1.29 is 9.66 Å². The Balaban J connectivity index is 0.00000208. The topological polar surface area (TPSA) is 81.6 Å². The zero-order valence-electron chi connectivity index (χ0n) is 13.2. The lowest BCUT2D eigenvalue weighted by Gasteiger charge is -2.31. The van der Waals surface area contributed by atoms with E-state index in [1.807, 2.05) is 12.1 Å². The van der Waals surface area contributed by atoms with Crippen molar-refractivity contribution in [2.45, 2.75) is 12.8 Å². The molecule has 1 aliphatic heterocycles. The number of fused-ring (bicyclic) bond motifs is 1. The number of rotatable bonds is 5. The van der Waals surface area contributed by atoms with Gasteiger partial charge < -0.3 is 15.4 Å². The summed E-state index contributed by atoms with van der Waals surface area (Å²) in [6.07, 6.45) is 2.04. The van der Waals surface area contributed by atoms with Crippen molar-refractivity contribution in [3.05, 3.63) is 58.1 Å². The number of nitro benzene ring substituents is 1. The summed E-state index contributed by atoms with van der Waals surface area (Å²) in [6, 6.07) is 12.4. The van der Waals surface area contributed by atoms with E-state index < -0.39 is 4.92 Å². The molecule has 1 aliphatic rings. The molecule has 24 heavy (non-hydrogen) atoms. The number of nitrogen functional groups attached to an aromatic ring is 1. The highest BCUT2D eigenvalue weighted by Crippen LogP contribution is 2.31. The number of ether oxygens (including phenoxy) is 1. The number of hydrogen-bond acceptors (Lipinski definition) is 5. The quantitative estimate of drug-likeness (QED) is 0.508. The first kappa shape index (κ1) is 17.9. The second-order valence-corrected chi connectivity index (χ2v) is 5.51. The molecule has 0 fully saturated rings. The van der Waals surface area contributed by atoms with Gasteiger partial charge in [0, 0.05) is 24.0 Å². The Morgan fingerprint density at radius 2 is 2.00 bits per heavy atom. The average Bonchev–Trinajstić information content (AvgIpc) is 2.56. The predicted octanol–water partition coefficient (Wildman–Crippen LogP) is 3.43. The third-order valence-electron chi connectivity index (χ3n) is 4.06. The molecule has 0 aromatic heterocycles. The van der Waals surface area contributed by atoms with Crippen LogP contribution >= 0.6 is 12.4 Å². The van der Waals surface area contributed by atoms with Gasteiger partial charge in [0.15, 0.2) is 5.75 Å². The second kappa shape index (κ2) is 7.88. The van der Waals surface area contributed by atoms with E-state index >= 15 is 0 Å². The van der Waals surface area contributed by atoms with Crippen molar-refractivity contribution in [2.75, 3.05) is 30.3 Å². The van der Waals surface area contributed by atoms with Crippen LogP contribution in [-0.2, 0) is 6.42 Å². The van der Waals surface area contributed by atoms with Crippen LogP contribution in [-0.4, -0.2) is 24.6 Å². The van der Waals surface area contributed by atoms with Gasteiger partial charge in [-0.2, -0.15) is 0 Å². The Morgan fingerprint density at radius 1 is 1.21 bits per heavy atom. The molecule has 7 heteroatoms. The van der Waals surface area contributed by atoms with E-state index in [0.717, 1.165) is 30.8 Å². The Labute approximate surface area is 146 Å². The third kappa shape index (κ3) is 3.71. The molecule has 2 aromatic carbocycles. The lowest BCUT2D eigenvalue weighted by Crippen LogP contribution is -2.33. The van der Waals surface area contributed by atoms with Crippen LogP contribution in [0.5, 0.6) is 5.75 Å². The van der Waals surface area contributed by atoms with Gasteiger partial charge in [-0.25, -0.2) is 0 Å². The minimum atomic E-state index is -0.424. The number of anilines is 2. The van der Waals surface area contributed by atoms with Gasteiger partial charge in [-0.1, -0.05) is 18.2 Å². The molecule has 1 heterocycles. The Kier molecular flexibility index (Phi) is 5.87. The minimum absolute atomic E-state index is 0. The van der Waals surface area contributed by atoms with Crippen molar-refractivity contribution in [2.24, 2.45) is 0 Å². The normalized spacial score (nSPS) is 12.9. The number of nitrogens with zero attached hydrogens (tertiary/aromatic N) is 2. The summed E-state index contributed by atoms with van der Waals surface area (Å²) in [7, 11) is 0. The van der Waals surface area contributed by atoms with Crippen LogP contribution in [0.1, 0.15) is 12.0 Å². The molecule has 0 amide bonds. The molecule has 0 spiro atoms. The van der Waals surface area contributed by atoms with Crippen molar-refractivity contribution in [1.82, 2.24) is 0 Å². The Morgan fingerprint density at radius 3 is 2.79 bits per heavy atom. The molecule has 0 bridgehead atoms. The fraction of sp³-hybridized carbons (Fsp3) is 0.294. The lowest BCUT2D eigenvalue weighted by molar-refractivity contribution is -0.385. The zero-order valence-corrected chi connectivity index (χ0v) is 14.0. The van der Waals surface area contributed by atoms with Crippen molar-refractivity contribution in [1.29, 1.82) is 0 Å². The largest absolute Gasteiger partial charge is 0.485 e. The molecule has 0 saturated heterocycles. The highest BCUT2D eigenvalue weighted by molar-refractivity contribution is 5.85. The smallest absolute Gasteiger partial charge is 0.310 e. The van der Waals surface area contributed by atoms with Crippen molar-refractivity contribution in [3.63, 3.8) is 0 Å². The van der Waals surface area contributed by atoms with Gasteiger partial charge in [-0.15, -0.1) is 12.4 Å². The van der Waals surface area contributed by atoms with E-state index in [1.54, 1.807) is 18.2 Å². The van der Waals surface area contributed by atoms with Crippen LogP contribution in [0.2, 0.25) is 0 Å². The number of halogens is 1. The number of nitrogens with two attached hydrogens (primary N) is 1. The van der Waals surface area contributed by atoms with Gasteiger partial charge in [-0.3, -0.25) is 10.1 Å². The summed E-state index contributed by atoms with van der Waals surface area (Å²) in [5.41, 5.74) is 9.19. The first-order valence-electron chi connectivity index (χ1n) is 7.65. The summed E-state index contributed by atoms with van der Waals surface area (Å²) in [6.45, 7) is 2.00. The van der Waals surface area contributed by atoms with Gasteiger partial charge in [0.05, 0.1) is 11.5 Å². The molecule has 2 N–H and O–H groups in total. The Bertz CT molecular complexity index is 724. The molecule has 6 nitrogen and oxygen atoms in total. The van der Waals surface area contributed by atoms with Gasteiger partial charge in [0.2, 0.25) is 0 Å². The van der Waals surface area contributed by atoms with E-state index in [1.165, 1.54) is 11.6 Å². The maximum absolute atomic E-state index is 11.0. The van der Waals surface area contributed by atoms with Crippen LogP contribution in [0.3, 0.4) is 0 Å². The van der Waals surface area contributed by atoms with E-state index in [9.17, 15) is 10.1 Å². The van der Waals surface area contributed by atoms with E-state index in [4.69, 9.17) is 10.5 Å². The van der Waals surface area contributed by atoms with Gasteiger partial charge in [-0.05, 0) is 36.6 Å². The molecular formula is C17H20ClN3O3. The maximum atomic E-state index is 11.0. The maximum Gasteiger partial charge on any atom is 0.310 e. The van der Waals surface area contributed by atoms with Gasteiger partial charge in [0.1, 0.15) is 6.61 Å². The van der Waals surface area contributed by atoms with Crippen LogP contribution in [0, 0.1) is 10.1 Å². The van der Waals surface area contributed by atoms with Crippen LogP contribution in [0.25, 0.3) is 0 Å². The lowest BCUT2D eigenvalue weighted by atomic mass is 10.00. The van der Waals surface area contributed by atoms with E-state index in [0.29, 0.717) is 18.9 Å². The highest BCUT2D eigenvalue weighted by atomic mass is 35.5. The van der Waals surface area contributed by atoms with Crippen molar-refractivity contribution in [3.8, 4) is 5.75 Å². The summed E-state index contributed by atoms with van der Waals surface area (Å²) in [4.78, 5) is 12.8. The number of para-hydroxylation sites is 2. The average molecular weight is 350 g/mol. The van der Waals surface area contributed by atoms with E-state index in [-0.39, 0.29) is 18.1 Å². The minimum Gasteiger partial charge on any atom is -0.485 e. The van der Waals surface area contributed by atoms with Crippen molar-refractivity contribution >= 4 is 29.5 Å². The molecule has 0 radical (unpaired) electrons. The first-order chi connectivity index (χ1) is 11.2. The first-order valence-corrected chi connectivity index (χ1v) is 7.65. The predicted molar refractivity (Wildman–Crippen MR) is 97.2 cm³/mol. The molecule has 0 unspecified atom stereocenters. The monoisotopic (exact) mass is 349 g/mol. The fourth-order valence-electron chi connectivity index (χ4n) is 2.96. The summed E-state index contributed by atoms with van der Waals surface area (Å²) >= 11 is 0. The highest BCUT2D eigenvalue weighted by Gasteiger charge is 2.19. The molecule has 128 valence electrons. The van der Waals surface area contributed by atoms with Gasteiger partial charge >= 0.3 is 5.69 Å². The SMILES string of the molecule is Cl.Nc1cccc2c1CCCN2CCOc1ccccc1[N+](=O)[O-]. The number of nitro groups is 1. The summed E-state index contributed by atoms with van der Waals surface area (Å²) in [5.74, 6) is 0.308. The number of hydrogen-bond donors (Lipinski definition) is 1. The molecule has 3 rings (SSSR count). The standard InChI is InChI=1S/C17H19N3O3.ClH/c18-14-6-3-8-15-13(14)5-4-10-19(15)11-12-23-17-9-2-1-7-16(17)20(21)22;/h1-3,6-9H,4-5,10-12,18H2;1H. The fourth-order valence-corrected chi connectivity index (χ4v) is 2.96. The molecule has 2 aromatic rings. The second-order valence-electron chi connectivity index (χ2n) is 5.51. The van der Waals surface area contributed by atoms with E-state index in [2.05, 4.69) is 11.0 Å². The van der Waals surface area contributed by atoms with Crippen LogP contribution in [0.15, 0.2) is 42.5 Å². The summed E-state index contributed by atoms with van der Waals surface area (Å²) < 4.78 is 5.63. The Hall–Kier alpha value is -2.47. The third-order valence-corrected chi connectivity index (χ3v) is 4.06. The number of benzene rings is 2. The molecule has 0 atom stereocenters. The van der Waals surface area contributed by atoms with Gasteiger partial charge in [0.25, 0.3) is 0 Å². The zero-order chi connectivity index (χ0) is 16.2. The van der Waals surface area contributed by atoms with Crippen LogP contribution in [0.4, 0.5) is 17.1 Å². The molecule has 0 aliphatic carbocycles. The molecule has 0 saturated carbocycles. The summed E-state index contributed by atoms with van der Waals surface area (Å²) in [5, 5.41) is 11.0. The molecular weight excluding hydrogens is 330 g/mol. The van der Waals surface area contributed by atoms with Crippen LogP contribution < -0.4 is 15.4 Å².